The lowest BCUT2D eigenvalue weighted by molar-refractivity contribution is 0.468. The zero-order chi connectivity index (χ0) is 12.3. The molecular formula is C13H11BrN2O. The molecule has 0 fully saturated rings. The fourth-order valence-corrected chi connectivity index (χ4v) is 1.93. The van der Waals surface area contributed by atoms with Gasteiger partial charge in [-0.15, -0.1) is 0 Å². The Labute approximate surface area is 108 Å². The van der Waals surface area contributed by atoms with Crippen molar-refractivity contribution in [1.82, 2.24) is 0 Å². The van der Waals surface area contributed by atoms with Gasteiger partial charge in [0.05, 0.1) is 15.8 Å². The third-order valence-electron chi connectivity index (χ3n) is 2.28. The molecule has 0 radical (unpaired) electrons. The molecule has 0 spiro atoms. The van der Waals surface area contributed by atoms with Gasteiger partial charge < -0.3 is 5.11 Å². The second kappa shape index (κ2) is 5.10. The monoisotopic (exact) mass is 290 g/mol. The molecule has 0 unspecified atom stereocenters. The van der Waals surface area contributed by atoms with Gasteiger partial charge in [0.1, 0.15) is 5.75 Å². The molecule has 1 N–H and O–H groups in total. The van der Waals surface area contributed by atoms with Crippen LogP contribution in [0.2, 0.25) is 0 Å². The Morgan fingerprint density at radius 3 is 2.29 bits per heavy atom. The summed E-state index contributed by atoms with van der Waals surface area (Å²) in [5.74, 6) is 0.240. The number of phenolic OH excluding ortho intramolecular Hbond substituents is 1. The summed E-state index contributed by atoms with van der Waals surface area (Å²) in [7, 11) is 0. The van der Waals surface area contributed by atoms with Crippen molar-refractivity contribution < 1.29 is 5.11 Å². The van der Waals surface area contributed by atoms with E-state index in [1.165, 1.54) is 0 Å². The van der Waals surface area contributed by atoms with Crippen LogP contribution in [0.25, 0.3) is 0 Å². The maximum atomic E-state index is 9.60. The lowest BCUT2D eigenvalue weighted by Gasteiger charge is -2.02. The molecule has 2 aromatic carbocycles. The van der Waals surface area contributed by atoms with Crippen LogP contribution in [0.3, 0.4) is 0 Å². The van der Waals surface area contributed by atoms with Gasteiger partial charge in [0, 0.05) is 0 Å². The van der Waals surface area contributed by atoms with Crippen LogP contribution in [0.15, 0.2) is 57.2 Å². The zero-order valence-corrected chi connectivity index (χ0v) is 10.8. The fourth-order valence-electron chi connectivity index (χ4n) is 1.39. The molecular weight excluding hydrogens is 280 g/mol. The van der Waals surface area contributed by atoms with Crippen LogP contribution in [0.4, 0.5) is 11.4 Å². The summed E-state index contributed by atoms with van der Waals surface area (Å²) in [5.41, 5.74) is 2.27. The number of hydrogen-bond donors (Lipinski definition) is 1. The van der Waals surface area contributed by atoms with E-state index in [0.717, 1.165) is 11.3 Å². The van der Waals surface area contributed by atoms with Crippen molar-refractivity contribution >= 4 is 27.3 Å². The molecule has 2 aromatic rings. The number of azo groups is 1. The topological polar surface area (TPSA) is 45.0 Å². The molecule has 0 aliphatic rings. The first-order chi connectivity index (χ1) is 8.16. The Balaban J connectivity index is 2.28. The standard InChI is InChI=1S/C13H11BrN2O/c1-9-7-11(8-12(14)13(9)17)16-15-10-5-3-2-4-6-10/h2-8,17H,1H3. The second-order valence-electron chi connectivity index (χ2n) is 3.63. The normalized spacial score (nSPS) is 10.9. The van der Waals surface area contributed by atoms with E-state index in [9.17, 15) is 5.11 Å². The summed E-state index contributed by atoms with van der Waals surface area (Å²) in [6.45, 7) is 1.82. The molecule has 3 nitrogen and oxygen atoms in total. The van der Waals surface area contributed by atoms with E-state index in [0.29, 0.717) is 10.2 Å². The van der Waals surface area contributed by atoms with Crippen LogP contribution in [-0.2, 0) is 0 Å². The van der Waals surface area contributed by atoms with Gasteiger partial charge in [-0.1, -0.05) is 18.2 Å². The first-order valence-corrected chi connectivity index (χ1v) is 5.92. The minimum Gasteiger partial charge on any atom is -0.506 e. The van der Waals surface area contributed by atoms with Gasteiger partial charge in [-0.2, -0.15) is 10.2 Å². The summed E-state index contributed by atoms with van der Waals surface area (Å²) < 4.78 is 0.625. The van der Waals surface area contributed by atoms with Crippen LogP contribution in [0.5, 0.6) is 5.75 Å². The van der Waals surface area contributed by atoms with E-state index in [4.69, 9.17) is 0 Å². The molecule has 0 saturated heterocycles. The second-order valence-corrected chi connectivity index (χ2v) is 4.48. The number of phenols is 1. The number of halogens is 1. The Bertz CT molecular complexity index is 530. The molecule has 4 heteroatoms. The average molecular weight is 291 g/mol. The first-order valence-electron chi connectivity index (χ1n) is 5.13. The molecule has 17 heavy (non-hydrogen) atoms. The Hall–Kier alpha value is -1.68. The Morgan fingerprint density at radius 2 is 1.65 bits per heavy atom. The maximum Gasteiger partial charge on any atom is 0.132 e. The summed E-state index contributed by atoms with van der Waals surface area (Å²) in [4.78, 5) is 0. The van der Waals surface area contributed by atoms with Gasteiger partial charge in [0.25, 0.3) is 0 Å². The smallest absolute Gasteiger partial charge is 0.132 e. The Morgan fingerprint density at radius 1 is 1.00 bits per heavy atom. The number of rotatable bonds is 2. The third kappa shape index (κ3) is 2.91. The molecule has 0 heterocycles. The quantitative estimate of drug-likeness (QED) is 0.787. The highest BCUT2D eigenvalue weighted by Gasteiger charge is 2.03. The zero-order valence-electron chi connectivity index (χ0n) is 9.26. The van der Waals surface area contributed by atoms with Gasteiger partial charge >= 0.3 is 0 Å². The van der Waals surface area contributed by atoms with Crippen LogP contribution in [0, 0.1) is 6.92 Å². The minimum absolute atomic E-state index is 0.240. The van der Waals surface area contributed by atoms with Crippen LogP contribution >= 0.6 is 15.9 Å². The van der Waals surface area contributed by atoms with Crippen LogP contribution in [0.1, 0.15) is 5.56 Å². The molecule has 0 aromatic heterocycles. The number of aryl methyl sites for hydroxylation is 1. The summed E-state index contributed by atoms with van der Waals surface area (Å²) in [6.07, 6.45) is 0. The maximum absolute atomic E-state index is 9.60. The van der Waals surface area contributed by atoms with E-state index in [1.807, 2.05) is 37.3 Å². The largest absolute Gasteiger partial charge is 0.506 e. The van der Waals surface area contributed by atoms with Gasteiger partial charge in [0.15, 0.2) is 0 Å². The van der Waals surface area contributed by atoms with Crippen molar-refractivity contribution in [3.05, 3.63) is 52.5 Å². The number of nitrogens with zero attached hydrogens (tertiary/aromatic N) is 2. The van der Waals surface area contributed by atoms with Gasteiger partial charge in [0.2, 0.25) is 0 Å². The third-order valence-corrected chi connectivity index (χ3v) is 2.88. The lowest BCUT2D eigenvalue weighted by Crippen LogP contribution is -1.76. The van der Waals surface area contributed by atoms with Crippen LogP contribution < -0.4 is 0 Å². The van der Waals surface area contributed by atoms with Gasteiger partial charge in [-0.3, -0.25) is 0 Å². The van der Waals surface area contributed by atoms with E-state index in [-0.39, 0.29) is 5.75 Å². The Kier molecular flexibility index (Phi) is 3.54. The van der Waals surface area contributed by atoms with Gasteiger partial charge in [-0.25, -0.2) is 0 Å². The van der Waals surface area contributed by atoms with E-state index in [1.54, 1.807) is 12.1 Å². The number of aromatic hydroxyl groups is 1. The van der Waals surface area contributed by atoms with Crippen molar-refractivity contribution in [2.24, 2.45) is 10.2 Å². The molecule has 0 amide bonds. The summed E-state index contributed by atoms with van der Waals surface area (Å²) in [6, 6.07) is 13.0. The van der Waals surface area contributed by atoms with Crippen molar-refractivity contribution in [2.75, 3.05) is 0 Å². The fraction of sp³-hybridized carbons (Fsp3) is 0.0769. The predicted octanol–water partition coefficient (Wildman–Crippen LogP) is 4.88. The molecule has 0 atom stereocenters. The van der Waals surface area contributed by atoms with Crippen molar-refractivity contribution in [2.45, 2.75) is 6.92 Å². The highest BCUT2D eigenvalue weighted by Crippen LogP contribution is 2.32. The predicted molar refractivity (Wildman–Crippen MR) is 71.2 cm³/mol. The molecule has 0 bridgehead atoms. The minimum atomic E-state index is 0.240. The van der Waals surface area contributed by atoms with Crippen molar-refractivity contribution in [3.63, 3.8) is 0 Å². The molecule has 2 rings (SSSR count). The SMILES string of the molecule is Cc1cc(N=Nc2ccccc2)cc(Br)c1O. The molecule has 86 valence electrons. The average Bonchev–Trinajstić information content (AvgIpc) is 2.34. The first kappa shape index (κ1) is 11.8. The highest BCUT2D eigenvalue weighted by molar-refractivity contribution is 9.10. The van der Waals surface area contributed by atoms with Crippen molar-refractivity contribution in [1.29, 1.82) is 0 Å². The van der Waals surface area contributed by atoms with Crippen LogP contribution in [-0.4, -0.2) is 5.11 Å². The number of benzene rings is 2. The molecule has 0 aliphatic carbocycles. The van der Waals surface area contributed by atoms with Crippen molar-refractivity contribution in [3.8, 4) is 5.75 Å². The highest BCUT2D eigenvalue weighted by atomic mass is 79.9. The summed E-state index contributed by atoms with van der Waals surface area (Å²) >= 11 is 3.27. The summed E-state index contributed by atoms with van der Waals surface area (Å²) in [5, 5.41) is 17.8. The van der Waals surface area contributed by atoms with E-state index >= 15 is 0 Å². The molecule has 0 aliphatic heterocycles. The lowest BCUT2D eigenvalue weighted by atomic mass is 10.2. The molecule has 0 saturated carbocycles. The number of hydrogen-bond acceptors (Lipinski definition) is 3. The van der Waals surface area contributed by atoms with E-state index in [2.05, 4.69) is 26.2 Å². The van der Waals surface area contributed by atoms with E-state index < -0.39 is 0 Å². The van der Waals surface area contributed by atoms with Gasteiger partial charge in [-0.05, 0) is 52.7 Å².